The standard InChI is InChI=1S/C21H20N8OS/c1-11-5-25-17(12(2)20(11)30-3)8-29-26-16-4-14(13-6-23-10-24-7-13)15-9-31-28-21(22)19(27-29)18(15)16/h4-7,10H,8-9H2,1-3H3,(H2,22,28). The van der Waals surface area contributed by atoms with Gasteiger partial charge in [0, 0.05) is 46.6 Å². The average molecular weight is 433 g/mol. The minimum Gasteiger partial charge on any atom is -0.496 e. The fourth-order valence-electron chi connectivity index (χ4n) is 3.91. The minimum atomic E-state index is 0.385. The van der Waals surface area contributed by atoms with Crippen LogP contribution in [0.4, 0.5) is 0 Å². The topological polar surface area (TPSA) is 117 Å². The van der Waals surface area contributed by atoms with Gasteiger partial charge in [0.15, 0.2) is 5.84 Å². The summed E-state index contributed by atoms with van der Waals surface area (Å²) < 4.78 is 9.95. The van der Waals surface area contributed by atoms with Crippen molar-refractivity contribution in [3.63, 3.8) is 0 Å². The fraction of sp³-hybridized carbons (Fsp3) is 0.238. The molecule has 0 saturated heterocycles. The van der Waals surface area contributed by atoms with Gasteiger partial charge in [0.05, 0.1) is 18.5 Å². The molecular weight excluding hydrogens is 412 g/mol. The lowest BCUT2D eigenvalue weighted by molar-refractivity contribution is 0.406. The molecule has 0 saturated carbocycles. The van der Waals surface area contributed by atoms with Crippen LogP contribution >= 0.6 is 11.9 Å². The number of aryl methyl sites for hydroxylation is 1. The van der Waals surface area contributed by atoms with Gasteiger partial charge >= 0.3 is 0 Å². The molecule has 3 aliphatic rings. The van der Waals surface area contributed by atoms with Crippen LogP contribution in [0.15, 0.2) is 35.4 Å². The van der Waals surface area contributed by atoms with Crippen LogP contribution < -0.4 is 10.5 Å². The van der Waals surface area contributed by atoms with Crippen LogP contribution in [0, 0.1) is 13.8 Å². The second-order valence-electron chi connectivity index (χ2n) is 7.30. The molecule has 0 bridgehead atoms. The maximum atomic E-state index is 6.28. The Hall–Kier alpha value is -3.53. The number of nitrogens with two attached hydrogens (primary N) is 1. The summed E-state index contributed by atoms with van der Waals surface area (Å²) in [7, 11) is 1.66. The van der Waals surface area contributed by atoms with E-state index in [0.29, 0.717) is 23.8 Å². The summed E-state index contributed by atoms with van der Waals surface area (Å²) in [5, 5.41) is 9.50. The van der Waals surface area contributed by atoms with E-state index in [9.17, 15) is 0 Å². The number of pyridine rings is 1. The van der Waals surface area contributed by atoms with Crippen LogP contribution in [-0.4, -0.2) is 42.9 Å². The van der Waals surface area contributed by atoms with E-state index in [1.807, 2.05) is 19.9 Å². The first-order valence-corrected chi connectivity index (χ1v) is 10.6. The van der Waals surface area contributed by atoms with Gasteiger partial charge in [0.2, 0.25) is 0 Å². The van der Waals surface area contributed by atoms with Gasteiger partial charge < -0.3 is 10.5 Å². The van der Waals surface area contributed by atoms with E-state index in [1.54, 1.807) is 30.5 Å². The molecule has 156 valence electrons. The van der Waals surface area contributed by atoms with Gasteiger partial charge in [0.25, 0.3) is 0 Å². The zero-order valence-corrected chi connectivity index (χ0v) is 18.1. The van der Waals surface area contributed by atoms with Crippen molar-refractivity contribution in [1.82, 2.24) is 29.9 Å². The number of rotatable bonds is 4. The Labute approximate surface area is 183 Å². The summed E-state index contributed by atoms with van der Waals surface area (Å²) in [4.78, 5) is 14.5. The van der Waals surface area contributed by atoms with E-state index >= 15 is 0 Å². The van der Waals surface area contributed by atoms with E-state index in [-0.39, 0.29) is 0 Å². The van der Waals surface area contributed by atoms with E-state index in [0.717, 1.165) is 50.5 Å². The van der Waals surface area contributed by atoms with Crippen LogP contribution in [0.3, 0.4) is 0 Å². The third-order valence-electron chi connectivity index (χ3n) is 5.37. The molecule has 5 rings (SSSR count). The second kappa shape index (κ2) is 7.62. The summed E-state index contributed by atoms with van der Waals surface area (Å²) >= 11 is 1.40. The Kier molecular flexibility index (Phi) is 4.78. The van der Waals surface area contributed by atoms with Gasteiger partial charge in [-0.05, 0) is 43.0 Å². The lowest BCUT2D eigenvalue weighted by atomic mass is 10.1. The van der Waals surface area contributed by atoms with Crippen molar-refractivity contribution in [3.05, 3.63) is 59.1 Å². The first-order chi connectivity index (χ1) is 15.1. The molecule has 0 unspecified atom stereocenters. The third-order valence-corrected chi connectivity index (χ3v) is 6.11. The Morgan fingerprint density at radius 1 is 1.16 bits per heavy atom. The van der Waals surface area contributed by atoms with Gasteiger partial charge in [-0.15, -0.1) is 0 Å². The SMILES string of the molecule is COc1c(C)cnc(Cn2nc3cc(-c4cncnc4)c4c-3c(n2)C(N)=NSC4)c1C. The average Bonchev–Trinajstić information content (AvgIpc) is 3.05. The van der Waals surface area contributed by atoms with Crippen molar-refractivity contribution in [1.29, 1.82) is 0 Å². The molecule has 2 aromatic rings. The highest BCUT2D eigenvalue weighted by Gasteiger charge is 2.28. The van der Waals surface area contributed by atoms with Gasteiger partial charge in [-0.25, -0.2) is 9.97 Å². The molecule has 9 nitrogen and oxygen atoms in total. The summed E-state index contributed by atoms with van der Waals surface area (Å²) in [5.41, 5.74) is 14.5. The number of amidine groups is 1. The molecule has 1 aliphatic carbocycles. The quantitative estimate of drug-likeness (QED) is 0.489. The zero-order valence-electron chi connectivity index (χ0n) is 17.3. The summed E-state index contributed by atoms with van der Waals surface area (Å²) in [6.07, 6.45) is 6.91. The summed E-state index contributed by atoms with van der Waals surface area (Å²) in [6.45, 7) is 4.35. The molecular formula is C21H20N8OS. The molecule has 0 spiro atoms. The smallest absolute Gasteiger partial charge is 0.160 e. The number of hydrogen-bond acceptors (Lipinski definition) is 9. The van der Waals surface area contributed by atoms with Crippen LogP contribution in [0.2, 0.25) is 0 Å². The minimum absolute atomic E-state index is 0.385. The lowest BCUT2D eigenvalue weighted by Crippen LogP contribution is -2.22. The molecule has 2 N–H and O–H groups in total. The third kappa shape index (κ3) is 3.28. The van der Waals surface area contributed by atoms with Crippen LogP contribution in [0.5, 0.6) is 5.75 Å². The molecule has 4 heterocycles. The van der Waals surface area contributed by atoms with Crippen molar-refractivity contribution < 1.29 is 4.74 Å². The van der Waals surface area contributed by atoms with Crippen molar-refractivity contribution in [3.8, 4) is 28.1 Å². The van der Waals surface area contributed by atoms with E-state index in [1.165, 1.54) is 18.3 Å². The number of methoxy groups -OCH3 is 1. The molecule has 0 atom stereocenters. The predicted octanol–water partition coefficient (Wildman–Crippen LogP) is 2.78. The van der Waals surface area contributed by atoms with Gasteiger partial charge in [-0.3, -0.25) is 4.98 Å². The Morgan fingerprint density at radius 2 is 1.97 bits per heavy atom. The fourth-order valence-corrected chi connectivity index (χ4v) is 4.63. The van der Waals surface area contributed by atoms with Gasteiger partial charge in [0.1, 0.15) is 24.3 Å². The van der Waals surface area contributed by atoms with Crippen LogP contribution in [0.25, 0.3) is 22.4 Å². The van der Waals surface area contributed by atoms with Crippen molar-refractivity contribution in [2.24, 2.45) is 10.1 Å². The number of nitrogens with zero attached hydrogens (tertiary/aromatic N) is 7. The number of aromatic nitrogens is 6. The first kappa shape index (κ1) is 19.4. The van der Waals surface area contributed by atoms with Gasteiger partial charge in [-0.2, -0.15) is 19.4 Å². The Bertz CT molecular complexity index is 1280. The Balaban J connectivity index is 1.67. The molecule has 2 aliphatic heterocycles. The normalized spacial score (nSPS) is 13.2. The molecule has 0 aromatic carbocycles. The van der Waals surface area contributed by atoms with Gasteiger partial charge in [-0.1, -0.05) is 0 Å². The Morgan fingerprint density at radius 3 is 2.74 bits per heavy atom. The predicted molar refractivity (Wildman–Crippen MR) is 119 cm³/mol. The summed E-state index contributed by atoms with van der Waals surface area (Å²) in [6, 6.07) is 2.04. The lowest BCUT2D eigenvalue weighted by Gasteiger charge is -2.14. The van der Waals surface area contributed by atoms with E-state index in [4.69, 9.17) is 20.7 Å². The van der Waals surface area contributed by atoms with Crippen molar-refractivity contribution in [2.45, 2.75) is 26.1 Å². The van der Waals surface area contributed by atoms with E-state index < -0.39 is 0 Å². The van der Waals surface area contributed by atoms with E-state index in [2.05, 4.69) is 19.3 Å². The van der Waals surface area contributed by atoms with Crippen LogP contribution in [0.1, 0.15) is 28.1 Å². The molecule has 0 fully saturated rings. The summed E-state index contributed by atoms with van der Waals surface area (Å²) in [5.74, 6) is 1.88. The highest BCUT2D eigenvalue weighted by Crippen LogP contribution is 2.41. The maximum absolute atomic E-state index is 6.28. The molecule has 31 heavy (non-hydrogen) atoms. The zero-order chi connectivity index (χ0) is 21.5. The first-order valence-electron chi connectivity index (χ1n) is 9.67. The number of ether oxygens (including phenoxy) is 1. The molecule has 0 radical (unpaired) electrons. The molecule has 10 heteroatoms. The van der Waals surface area contributed by atoms with Crippen molar-refractivity contribution >= 4 is 17.8 Å². The van der Waals surface area contributed by atoms with Crippen molar-refractivity contribution in [2.75, 3.05) is 7.11 Å². The molecule has 2 aromatic heterocycles. The number of hydrogen-bond donors (Lipinski definition) is 1. The monoisotopic (exact) mass is 432 g/mol. The maximum Gasteiger partial charge on any atom is 0.160 e. The highest BCUT2D eigenvalue weighted by molar-refractivity contribution is 7.97. The molecule has 0 amide bonds. The largest absolute Gasteiger partial charge is 0.496 e. The van der Waals surface area contributed by atoms with Crippen LogP contribution in [-0.2, 0) is 12.3 Å². The highest BCUT2D eigenvalue weighted by atomic mass is 32.2. The second-order valence-corrected chi connectivity index (χ2v) is 8.03.